The molecule has 1 aliphatic carbocycles. The zero-order chi connectivity index (χ0) is 16.7. The third kappa shape index (κ3) is 5.53. The Morgan fingerprint density at radius 2 is 1.78 bits per heavy atom. The highest BCUT2D eigenvalue weighted by Crippen LogP contribution is 2.37. The Labute approximate surface area is 140 Å². The van der Waals surface area contributed by atoms with Crippen molar-refractivity contribution in [3.8, 4) is 0 Å². The van der Waals surface area contributed by atoms with Crippen molar-refractivity contribution in [2.24, 2.45) is 5.92 Å². The molecule has 0 spiro atoms. The summed E-state index contributed by atoms with van der Waals surface area (Å²) in [6.45, 7) is 3.91. The molecule has 1 aromatic carbocycles. The highest BCUT2D eigenvalue weighted by atomic mass is 16.4. The molecule has 0 radical (unpaired) electrons. The number of hydrogen-bond donors (Lipinski definition) is 1. The van der Waals surface area contributed by atoms with Gasteiger partial charge < -0.3 is 5.11 Å². The molecule has 0 saturated heterocycles. The molecule has 126 valence electrons. The van der Waals surface area contributed by atoms with Gasteiger partial charge in [0.25, 0.3) is 0 Å². The molecule has 23 heavy (non-hydrogen) atoms. The zero-order valence-electron chi connectivity index (χ0n) is 14.6. The van der Waals surface area contributed by atoms with Crippen molar-refractivity contribution in [3.63, 3.8) is 0 Å². The third-order valence-corrected chi connectivity index (χ3v) is 5.19. The van der Waals surface area contributed by atoms with Gasteiger partial charge in [0, 0.05) is 5.57 Å². The van der Waals surface area contributed by atoms with Crippen molar-refractivity contribution in [2.75, 3.05) is 0 Å². The summed E-state index contributed by atoms with van der Waals surface area (Å²) >= 11 is 0. The number of carboxylic acid groups (broad SMARTS) is 1. The van der Waals surface area contributed by atoms with Crippen LogP contribution in [-0.2, 0) is 4.79 Å². The van der Waals surface area contributed by atoms with Crippen molar-refractivity contribution in [2.45, 2.75) is 71.1 Å². The van der Waals surface area contributed by atoms with E-state index in [4.69, 9.17) is 5.11 Å². The first kappa shape index (κ1) is 17.8. The van der Waals surface area contributed by atoms with E-state index in [0.717, 1.165) is 11.5 Å². The number of rotatable bonds is 7. The number of carbonyl (C=O) groups is 1. The van der Waals surface area contributed by atoms with Crippen LogP contribution in [0, 0.1) is 5.92 Å². The topological polar surface area (TPSA) is 37.3 Å². The van der Waals surface area contributed by atoms with Crippen LogP contribution >= 0.6 is 0 Å². The quantitative estimate of drug-likeness (QED) is 0.493. The molecule has 1 aliphatic rings. The van der Waals surface area contributed by atoms with Crippen molar-refractivity contribution in [1.82, 2.24) is 0 Å². The Hall–Kier alpha value is -1.57. The second-order valence-electron chi connectivity index (χ2n) is 7.01. The molecule has 0 heterocycles. The van der Waals surface area contributed by atoms with Crippen LogP contribution in [0.4, 0.5) is 0 Å². The summed E-state index contributed by atoms with van der Waals surface area (Å²) in [6, 6.07) is 8.47. The predicted molar refractivity (Wildman–Crippen MR) is 96.6 cm³/mol. The van der Waals surface area contributed by atoms with E-state index in [9.17, 15) is 4.79 Å². The van der Waals surface area contributed by atoms with Crippen molar-refractivity contribution >= 4 is 12.0 Å². The summed E-state index contributed by atoms with van der Waals surface area (Å²) in [5.74, 6) is 0.782. The average Bonchev–Trinajstić information content (AvgIpc) is 2.56. The van der Waals surface area contributed by atoms with Crippen LogP contribution in [0.3, 0.4) is 0 Å². The lowest BCUT2D eigenvalue weighted by Crippen LogP contribution is -2.13. The van der Waals surface area contributed by atoms with Crippen LogP contribution in [-0.4, -0.2) is 11.1 Å². The van der Waals surface area contributed by atoms with Gasteiger partial charge in [-0.15, -0.1) is 0 Å². The molecule has 1 aromatic rings. The minimum absolute atomic E-state index is 0.380. The van der Waals surface area contributed by atoms with Crippen LogP contribution in [0.5, 0.6) is 0 Å². The molecule has 1 fully saturated rings. The van der Waals surface area contributed by atoms with Gasteiger partial charge in [0.15, 0.2) is 0 Å². The van der Waals surface area contributed by atoms with Crippen LogP contribution in [0.1, 0.15) is 82.3 Å². The van der Waals surface area contributed by atoms with Crippen LogP contribution in [0.2, 0.25) is 0 Å². The zero-order valence-corrected chi connectivity index (χ0v) is 14.6. The van der Waals surface area contributed by atoms with Gasteiger partial charge >= 0.3 is 5.97 Å². The van der Waals surface area contributed by atoms with E-state index >= 15 is 0 Å². The van der Waals surface area contributed by atoms with Gasteiger partial charge in [-0.05, 0) is 61.6 Å². The van der Waals surface area contributed by atoms with Crippen LogP contribution in [0.25, 0.3) is 6.08 Å². The first-order chi connectivity index (χ1) is 11.1. The average molecular weight is 314 g/mol. The number of hydrogen-bond acceptors (Lipinski definition) is 1. The van der Waals surface area contributed by atoms with Gasteiger partial charge in [-0.3, -0.25) is 0 Å². The molecule has 0 bridgehead atoms. The minimum Gasteiger partial charge on any atom is -0.478 e. The second-order valence-corrected chi connectivity index (χ2v) is 7.01. The summed E-state index contributed by atoms with van der Waals surface area (Å²) < 4.78 is 0. The highest BCUT2D eigenvalue weighted by Gasteiger charge is 2.21. The van der Waals surface area contributed by atoms with E-state index in [2.05, 4.69) is 31.2 Å². The lowest BCUT2D eigenvalue weighted by Gasteiger charge is -2.29. The standard InChI is InChI=1S/C21H30O2/c1-3-4-5-6-17-7-11-19(12-8-17)20-13-9-18(10-14-20)15-16(2)21(22)23/h9-10,13-15,17,19H,3-8,11-12H2,1-2H3,(H,22,23)/b16-15+. The Morgan fingerprint density at radius 3 is 2.35 bits per heavy atom. The number of unbranched alkanes of at least 4 members (excludes halogenated alkanes) is 2. The number of aliphatic carboxylic acids is 1. The summed E-state index contributed by atoms with van der Waals surface area (Å²) in [6.07, 6.45) is 12.6. The summed E-state index contributed by atoms with van der Waals surface area (Å²) in [5.41, 5.74) is 2.77. The molecule has 1 N–H and O–H groups in total. The summed E-state index contributed by atoms with van der Waals surface area (Å²) in [7, 11) is 0. The maximum atomic E-state index is 10.9. The Bertz CT molecular complexity index is 519. The van der Waals surface area contributed by atoms with Gasteiger partial charge in [-0.25, -0.2) is 4.79 Å². The Kier molecular flexibility index (Phi) is 6.88. The smallest absolute Gasteiger partial charge is 0.331 e. The SMILES string of the molecule is CCCCCC1CCC(c2ccc(/C=C(\C)C(=O)O)cc2)CC1. The lowest BCUT2D eigenvalue weighted by atomic mass is 9.77. The number of carboxylic acids is 1. The van der Waals surface area contributed by atoms with Crippen molar-refractivity contribution in [1.29, 1.82) is 0 Å². The molecule has 0 aliphatic heterocycles. The highest BCUT2D eigenvalue weighted by molar-refractivity contribution is 5.91. The molecule has 0 amide bonds. The fraction of sp³-hybridized carbons (Fsp3) is 0.571. The van der Waals surface area contributed by atoms with E-state index < -0.39 is 5.97 Å². The van der Waals surface area contributed by atoms with Crippen LogP contribution in [0.15, 0.2) is 29.8 Å². The van der Waals surface area contributed by atoms with E-state index in [1.54, 1.807) is 13.0 Å². The van der Waals surface area contributed by atoms with E-state index in [1.165, 1.54) is 56.9 Å². The normalized spacial score (nSPS) is 22.1. The second kappa shape index (κ2) is 8.90. The van der Waals surface area contributed by atoms with Crippen LogP contribution < -0.4 is 0 Å². The molecule has 2 heteroatoms. The molecule has 1 saturated carbocycles. The van der Waals surface area contributed by atoms with E-state index in [-0.39, 0.29) is 0 Å². The largest absolute Gasteiger partial charge is 0.478 e. The minimum atomic E-state index is -0.851. The summed E-state index contributed by atoms with van der Waals surface area (Å²) in [5, 5.41) is 8.94. The first-order valence-electron chi connectivity index (χ1n) is 9.11. The van der Waals surface area contributed by atoms with Gasteiger partial charge in [0.1, 0.15) is 0 Å². The Balaban J connectivity index is 1.87. The first-order valence-corrected chi connectivity index (χ1v) is 9.11. The summed E-state index contributed by atoms with van der Waals surface area (Å²) in [4.78, 5) is 10.9. The van der Waals surface area contributed by atoms with Gasteiger partial charge in [0.2, 0.25) is 0 Å². The van der Waals surface area contributed by atoms with Crippen molar-refractivity contribution in [3.05, 3.63) is 41.0 Å². The molecule has 0 aromatic heterocycles. The lowest BCUT2D eigenvalue weighted by molar-refractivity contribution is -0.132. The fourth-order valence-corrected chi connectivity index (χ4v) is 3.64. The maximum absolute atomic E-state index is 10.9. The monoisotopic (exact) mass is 314 g/mol. The van der Waals surface area contributed by atoms with Gasteiger partial charge in [-0.1, -0.05) is 56.9 Å². The van der Waals surface area contributed by atoms with Gasteiger partial charge in [-0.2, -0.15) is 0 Å². The Morgan fingerprint density at radius 1 is 1.13 bits per heavy atom. The molecule has 2 nitrogen and oxygen atoms in total. The van der Waals surface area contributed by atoms with E-state index in [1.807, 2.05) is 0 Å². The van der Waals surface area contributed by atoms with Crippen molar-refractivity contribution < 1.29 is 9.90 Å². The third-order valence-electron chi connectivity index (χ3n) is 5.19. The van der Waals surface area contributed by atoms with Gasteiger partial charge in [0.05, 0.1) is 0 Å². The molecule has 2 rings (SSSR count). The molecular formula is C21H30O2. The molecular weight excluding hydrogens is 284 g/mol. The number of benzene rings is 1. The maximum Gasteiger partial charge on any atom is 0.331 e. The fourth-order valence-electron chi connectivity index (χ4n) is 3.64. The molecule has 0 unspecified atom stereocenters. The van der Waals surface area contributed by atoms with E-state index in [0.29, 0.717) is 11.5 Å². The predicted octanol–water partition coefficient (Wildman–Crippen LogP) is 6.03. The molecule has 0 atom stereocenters.